The van der Waals surface area contributed by atoms with E-state index in [1.165, 1.54) is 68.2 Å². The van der Waals surface area contributed by atoms with E-state index in [9.17, 15) is 5.26 Å². The first-order chi connectivity index (χ1) is 9.81. The Labute approximate surface area is 126 Å². The summed E-state index contributed by atoms with van der Waals surface area (Å²) in [7, 11) is 0. The number of hydrogen-bond donors (Lipinski definition) is 1. The van der Waals surface area contributed by atoms with Gasteiger partial charge in [0.05, 0.1) is 5.56 Å². The van der Waals surface area contributed by atoms with Crippen LogP contribution >= 0.6 is 12.2 Å². The van der Waals surface area contributed by atoms with E-state index in [1.807, 2.05) is 0 Å². The summed E-state index contributed by atoms with van der Waals surface area (Å²) in [6, 6.07) is 2.40. The van der Waals surface area contributed by atoms with Gasteiger partial charge in [-0.05, 0) is 55.6 Å². The van der Waals surface area contributed by atoms with Crippen LogP contribution in [0.25, 0.3) is 0 Å². The van der Waals surface area contributed by atoms with Crippen LogP contribution in [0.1, 0.15) is 79.7 Å². The molecule has 3 rings (SSSR count). The topological polar surface area (TPSA) is 39.6 Å². The molecule has 0 aliphatic heterocycles. The van der Waals surface area contributed by atoms with Gasteiger partial charge in [0.1, 0.15) is 10.7 Å². The van der Waals surface area contributed by atoms with Gasteiger partial charge >= 0.3 is 0 Å². The van der Waals surface area contributed by atoms with Gasteiger partial charge in [0, 0.05) is 5.69 Å². The predicted octanol–water partition coefficient (Wildman–Crippen LogP) is 4.93. The molecule has 2 aliphatic carbocycles. The molecule has 2 aliphatic rings. The van der Waals surface area contributed by atoms with Crippen molar-refractivity contribution in [1.82, 2.24) is 4.98 Å². The van der Waals surface area contributed by atoms with E-state index < -0.39 is 0 Å². The zero-order valence-electron chi connectivity index (χ0n) is 12.0. The minimum Gasteiger partial charge on any atom is -0.349 e. The molecule has 1 saturated carbocycles. The number of fused-ring (bicyclic) bond motifs is 1. The van der Waals surface area contributed by atoms with Crippen molar-refractivity contribution in [1.29, 1.82) is 5.26 Å². The summed E-state index contributed by atoms with van der Waals surface area (Å²) in [4.78, 5) is 3.36. The summed E-state index contributed by atoms with van der Waals surface area (Å²) >= 11 is 5.46. The van der Waals surface area contributed by atoms with Crippen molar-refractivity contribution in [2.24, 2.45) is 0 Å². The van der Waals surface area contributed by atoms with E-state index in [-0.39, 0.29) is 0 Å². The fraction of sp³-hybridized carbons (Fsp3) is 0.647. The predicted molar refractivity (Wildman–Crippen MR) is 83.4 cm³/mol. The van der Waals surface area contributed by atoms with Gasteiger partial charge in [-0.15, -0.1) is 0 Å². The highest BCUT2D eigenvalue weighted by Crippen LogP contribution is 2.38. The Balaban J connectivity index is 2.15. The van der Waals surface area contributed by atoms with Gasteiger partial charge in [0.15, 0.2) is 0 Å². The Hall–Kier alpha value is -1.14. The van der Waals surface area contributed by atoms with Crippen molar-refractivity contribution >= 4 is 12.2 Å². The normalized spacial score (nSPS) is 19.9. The number of H-pyrrole nitrogens is 1. The standard InChI is InChI=1S/C17H22N2S/c18-11-14-16(12-7-3-1-4-8-12)13-9-5-2-6-10-15(13)19-17(14)20/h12H,1-10H2,(H,19,20). The monoisotopic (exact) mass is 286 g/mol. The summed E-state index contributed by atoms with van der Waals surface area (Å²) in [6.45, 7) is 0. The molecule has 0 spiro atoms. The number of nitriles is 1. The second-order valence-electron chi connectivity index (χ2n) is 6.21. The summed E-state index contributed by atoms with van der Waals surface area (Å²) in [5.41, 5.74) is 4.87. The van der Waals surface area contributed by atoms with Gasteiger partial charge in [-0.2, -0.15) is 5.26 Å². The summed E-state index contributed by atoms with van der Waals surface area (Å²) in [5, 5.41) is 9.57. The van der Waals surface area contributed by atoms with Crippen LogP contribution < -0.4 is 0 Å². The minimum atomic E-state index is 0.571. The van der Waals surface area contributed by atoms with Crippen LogP contribution in [-0.2, 0) is 12.8 Å². The Bertz CT molecular complexity index is 588. The molecule has 20 heavy (non-hydrogen) atoms. The lowest BCUT2D eigenvalue weighted by atomic mass is 9.79. The van der Waals surface area contributed by atoms with Crippen molar-refractivity contribution < 1.29 is 0 Å². The molecule has 106 valence electrons. The lowest BCUT2D eigenvalue weighted by Crippen LogP contribution is -2.13. The van der Waals surface area contributed by atoms with Crippen molar-refractivity contribution in [2.75, 3.05) is 0 Å². The molecule has 1 fully saturated rings. The molecule has 0 aromatic carbocycles. The van der Waals surface area contributed by atoms with Crippen LogP contribution in [0.3, 0.4) is 0 Å². The number of rotatable bonds is 1. The number of aromatic nitrogens is 1. The van der Waals surface area contributed by atoms with Gasteiger partial charge in [0.2, 0.25) is 0 Å². The van der Waals surface area contributed by atoms with Gasteiger partial charge in [0.25, 0.3) is 0 Å². The molecule has 0 radical (unpaired) electrons. The average Bonchev–Trinajstić information content (AvgIpc) is 2.71. The Morgan fingerprint density at radius 3 is 2.45 bits per heavy atom. The van der Waals surface area contributed by atoms with Crippen LogP contribution in [-0.4, -0.2) is 4.98 Å². The number of aryl methyl sites for hydroxylation is 1. The maximum Gasteiger partial charge on any atom is 0.121 e. The van der Waals surface area contributed by atoms with Gasteiger partial charge < -0.3 is 4.98 Å². The van der Waals surface area contributed by atoms with Crippen LogP contribution in [0.2, 0.25) is 0 Å². The number of nitrogens with one attached hydrogen (secondary N) is 1. The van der Waals surface area contributed by atoms with Crippen LogP contribution in [0.4, 0.5) is 0 Å². The number of aromatic amines is 1. The number of hydrogen-bond acceptors (Lipinski definition) is 2. The molecule has 0 bridgehead atoms. The third-order valence-corrected chi connectivity index (χ3v) is 5.24. The highest BCUT2D eigenvalue weighted by molar-refractivity contribution is 7.71. The molecule has 0 unspecified atom stereocenters. The Morgan fingerprint density at radius 2 is 1.70 bits per heavy atom. The second kappa shape index (κ2) is 6.10. The molecule has 1 N–H and O–H groups in total. The van der Waals surface area contributed by atoms with E-state index >= 15 is 0 Å². The molecule has 1 aromatic heterocycles. The summed E-state index contributed by atoms with van der Waals surface area (Å²) in [5.74, 6) is 0.571. The fourth-order valence-electron chi connectivity index (χ4n) is 3.94. The number of nitrogens with zero attached hydrogens (tertiary/aromatic N) is 1. The van der Waals surface area contributed by atoms with E-state index in [0.29, 0.717) is 10.6 Å². The van der Waals surface area contributed by atoms with Crippen molar-refractivity contribution in [2.45, 2.75) is 70.1 Å². The van der Waals surface area contributed by atoms with E-state index in [0.717, 1.165) is 18.4 Å². The first-order valence-electron chi connectivity index (χ1n) is 7.99. The quantitative estimate of drug-likeness (QED) is 0.587. The first-order valence-corrected chi connectivity index (χ1v) is 8.40. The second-order valence-corrected chi connectivity index (χ2v) is 6.62. The average molecular weight is 286 g/mol. The summed E-state index contributed by atoms with van der Waals surface area (Å²) in [6.07, 6.45) is 12.4. The lowest BCUT2D eigenvalue weighted by Gasteiger charge is -2.26. The largest absolute Gasteiger partial charge is 0.349 e. The van der Waals surface area contributed by atoms with Gasteiger partial charge in [-0.25, -0.2) is 0 Å². The number of pyridine rings is 1. The molecule has 2 nitrogen and oxygen atoms in total. The SMILES string of the molecule is N#Cc1c(C2CCCCC2)c2c([nH]c1=S)CCCCC2. The molecular weight excluding hydrogens is 264 g/mol. The minimum absolute atomic E-state index is 0.571. The van der Waals surface area contributed by atoms with Crippen LogP contribution in [0, 0.1) is 16.0 Å². The third kappa shape index (κ3) is 2.54. The van der Waals surface area contributed by atoms with Gasteiger partial charge in [-0.1, -0.05) is 37.9 Å². The highest BCUT2D eigenvalue weighted by Gasteiger charge is 2.25. The molecule has 1 heterocycles. The highest BCUT2D eigenvalue weighted by atomic mass is 32.1. The van der Waals surface area contributed by atoms with E-state index in [2.05, 4.69) is 11.1 Å². The molecule has 0 saturated heterocycles. The van der Waals surface area contributed by atoms with Crippen molar-refractivity contribution in [3.63, 3.8) is 0 Å². The van der Waals surface area contributed by atoms with Crippen molar-refractivity contribution in [3.8, 4) is 6.07 Å². The zero-order chi connectivity index (χ0) is 13.9. The molecule has 0 atom stereocenters. The Kier molecular flexibility index (Phi) is 4.21. The molecular formula is C17H22N2S. The van der Waals surface area contributed by atoms with Gasteiger partial charge in [-0.3, -0.25) is 0 Å². The molecule has 1 aromatic rings. The van der Waals surface area contributed by atoms with E-state index in [1.54, 1.807) is 0 Å². The Morgan fingerprint density at radius 1 is 1.00 bits per heavy atom. The lowest BCUT2D eigenvalue weighted by molar-refractivity contribution is 0.440. The maximum atomic E-state index is 9.57. The zero-order valence-corrected chi connectivity index (χ0v) is 12.8. The smallest absolute Gasteiger partial charge is 0.121 e. The maximum absolute atomic E-state index is 9.57. The summed E-state index contributed by atoms with van der Waals surface area (Å²) < 4.78 is 0.675. The molecule has 0 amide bonds. The third-order valence-electron chi connectivity index (χ3n) is 4.93. The van der Waals surface area contributed by atoms with E-state index in [4.69, 9.17) is 12.2 Å². The van der Waals surface area contributed by atoms with Crippen molar-refractivity contribution in [3.05, 3.63) is 27.0 Å². The molecule has 3 heteroatoms. The first kappa shape index (κ1) is 13.8. The fourth-order valence-corrected chi connectivity index (χ4v) is 4.22. The van der Waals surface area contributed by atoms with Crippen LogP contribution in [0.5, 0.6) is 0 Å². The van der Waals surface area contributed by atoms with Crippen LogP contribution in [0.15, 0.2) is 0 Å².